The Morgan fingerprint density at radius 3 is 2.94 bits per heavy atom. The van der Waals surface area contributed by atoms with Crippen molar-refractivity contribution in [3.8, 4) is 0 Å². The Morgan fingerprint density at radius 1 is 1.44 bits per heavy atom. The number of thiophene rings is 1. The van der Waals surface area contributed by atoms with E-state index in [1.165, 1.54) is 4.88 Å². The van der Waals surface area contributed by atoms with Crippen LogP contribution in [0.15, 0.2) is 17.5 Å². The van der Waals surface area contributed by atoms with Crippen LogP contribution in [0.1, 0.15) is 30.1 Å². The van der Waals surface area contributed by atoms with Crippen LogP contribution in [0.5, 0.6) is 0 Å². The molecule has 1 unspecified atom stereocenters. The molecule has 0 bridgehead atoms. The summed E-state index contributed by atoms with van der Waals surface area (Å²) in [6, 6.07) is 4.21. The molecule has 2 aliphatic rings. The predicted molar refractivity (Wildman–Crippen MR) is 62.6 cm³/mol. The summed E-state index contributed by atoms with van der Waals surface area (Å²) >= 11 is 1.76. The minimum atomic E-state index is -0.0276. The molecule has 3 nitrogen and oxygen atoms in total. The van der Waals surface area contributed by atoms with Gasteiger partial charge in [0.25, 0.3) is 0 Å². The molecule has 4 heteroatoms. The fourth-order valence-corrected chi connectivity index (χ4v) is 3.81. The van der Waals surface area contributed by atoms with Gasteiger partial charge in [-0.05, 0) is 24.3 Å². The van der Waals surface area contributed by atoms with E-state index in [-0.39, 0.29) is 11.4 Å². The van der Waals surface area contributed by atoms with Gasteiger partial charge in [0.05, 0.1) is 5.54 Å². The molecule has 2 aliphatic heterocycles. The molecular formula is C12H15NO2S. The Morgan fingerprint density at radius 2 is 2.25 bits per heavy atom. The Bertz CT molecular complexity index is 382. The number of nitrogens with one attached hydrogen (secondary N) is 1. The van der Waals surface area contributed by atoms with Crippen LogP contribution in [0.25, 0.3) is 0 Å². The van der Waals surface area contributed by atoms with Crippen molar-refractivity contribution in [2.75, 3.05) is 13.2 Å². The molecule has 1 aromatic heterocycles. The van der Waals surface area contributed by atoms with Gasteiger partial charge in [0.1, 0.15) is 0 Å². The number of hydrogen-bond donors (Lipinski definition) is 1. The molecule has 1 amide bonds. The summed E-state index contributed by atoms with van der Waals surface area (Å²) in [5.74, 6) is 0.546. The second kappa shape index (κ2) is 3.86. The van der Waals surface area contributed by atoms with E-state index in [1.807, 2.05) is 0 Å². The third-order valence-corrected chi connectivity index (χ3v) is 4.70. The van der Waals surface area contributed by atoms with Crippen molar-refractivity contribution < 1.29 is 9.53 Å². The third kappa shape index (κ3) is 1.57. The highest BCUT2D eigenvalue weighted by molar-refractivity contribution is 7.10. The van der Waals surface area contributed by atoms with Crippen molar-refractivity contribution in [3.05, 3.63) is 22.4 Å². The quantitative estimate of drug-likeness (QED) is 0.810. The second-order valence-electron chi connectivity index (χ2n) is 4.59. The number of carbonyl (C=O) groups excluding carboxylic acids is 1. The summed E-state index contributed by atoms with van der Waals surface area (Å²) in [5, 5.41) is 5.28. The first kappa shape index (κ1) is 10.3. The molecule has 3 rings (SSSR count). The van der Waals surface area contributed by atoms with Crippen molar-refractivity contribution in [3.63, 3.8) is 0 Å². The summed E-state index contributed by atoms with van der Waals surface area (Å²) in [6.07, 6.45) is 2.53. The van der Waals surface area contributed by atoms with E-state index >= 15 is 0 Å². The lowest BCUT2D eigenvalue weighted by Crippen LogP contribution is -2.49. The Hall–Kier alpha value is -0.870. The maximum atomic E-state index is 11.7. The van der Waals surface area contributed by atoms with E-state index in [0.29, 0.717) is 12.3 Å². The molecule has 1 aromatic rings. The van der Waals surface area contributed by atoms with Gasteiger partial charge in [-0.1, -0.05) is 6.07 Å². The largest absolute Gasteiger partial charge is 0.381 e. The molecule has 16 heavy (non-hydrogen) atoms. The first-order valence-electron chi connectivity index (χ1n) is 5.72. The van der Waals surface area contributed by atoms with Gasteiger partial charge in [-0.25, -0.2) is 0 Å². The minimum absolute atomic E-state index is 0.0276. The summed E-state index contributed by atoms with van der Waals surface area (Å²) in [4.78, 5) is 13.0. The zero-order valence-corrected chi connectivity index (χ0v) is 9.89. The lowest BCUT2D eigenvalue weighted by atomic mass is 9.78. The summed E-state index contributed by atoms with van der Waals surface area (Å²) in [7, 11) is 0. The second-order valence-corrected chi connectivity index (χ2v) is 5.57. The van der Waals surface area contributed by atoms with Gasteiger partial charge in [-0.3, -0.25) is 4.79 Å². The van der Waals surface area contributed by atoms with E-state index in [1.54, 1.807) is 11.3 Å². The molecule has 2 fully saturated rings. The van der Waals surface area contributed by atoms with Gasteiger partial charge in [0.15, 0.2) is 0 Å². The number of rotatable bonds is 1. The van der Waals surface area contributed by atoms with Crippen LogP contribution in [-0.4, -0.2) is 24.7 Å². The zero-order valence-electron chi connectivity index (χ0n) is 9.07. The normalized spacial score (nSPS) is 28.2. The molecule has 86 valence electrons. The van der Waals surface area contributed by atoms with Crippen molar-refractivity contribution in [1.29, 1.82) is 0 Å². The zero-order chi connectivity index (χ0) is 11.0. The molecular weight excluding hydrogens is 222 g/mol. The fourth-order valence-electron chi connectivity index (χ4n) is 2.87. The van der Waals surface area contributed by atoms with Gasteiger partial charge < -0.3 is 10.1 Å². The molecule has 0 aromatic carbocycles. The highest BCUT2D eigenvalue weighted by Crippen LogP contribution is 2.43. The first-order valence-corrected chi connectivity index (χ1v) is 6.60. The maximum absolute atomic E-state index is 11.7. The standard InChI is InChI=1S/C12H15NO2S/c14-11-8-9(10-2-1-7-16-10)12(13-11)3-5-15-6-4-12/h1-2,7,9H,3-6,8H2,(H,13,14). The maximum Gasteiger partial charge on any atom is 0.221 e. The Labute approximate surface area is 98.8 Å². The number of amides is 1. The van der Waals surface area contributed by atoms with Gasteiger partial charge in [-0.15, -0.1) is 11.3 Å². The van der Waals surface area contributed by atoms with E-state index < -0.39 is 0 Å². The molecule has 1 spiro atoms. The van der Waals surface area contributed by atoms with Crippen molar-refractivity contribution in [2.45, 2.75) is 30.7 Å². The van der Waals surface area contributed by atoms with E-state index in [9.17, 15) is 4.79 Å². The molecule has 0 saturated carbocycles. The van der Waals surface area contributed by atoms with Crippen molar-refractivity contribution in [1.82, 2.24) is 5.32 Å². The molecule has 3 heterocycles. The van der Waals surface area contributed by atoms with Gasteiger partial charge in [-0.2, -0.15) is 0 Å². The van der Waals surface area contributed by atoms with Crippen LogP contribution in [0.2, 0.25) is 0 Å². The van der Waals surface area contributed by atoms with Crippen LogP contribution in [0.3, 0.4) is 0 Å². The van der Waals surface area contributed by atoms with E-state index in [0.717, 1.165) is 26.1 Å². The van der Waals surface area contributed by atoms with E-state index in [2.05, 4.69) is 22.8 Å². The fraction of sp³-hybridized carbons (Fsp3) is 0.583. The molecule has 2 saturated heterocycles. The van der Waals surface area contributed by atoms with Crippen LogP contribution < -0.4 is 5.32 Å². The van der Waals surface area contributed by atoms with Crippen LogP contribution >= 0.6 is 11.3 Å². The van der Waals surface area contributed by atoms with Gasteiger partial charge >= 0.3 is 0 Å². The Kier molecular flexibility index (Phi) is 2.48. The average molecular weight is 237 g/mol. The van der Waals surface area contributed by atoms with Crippen LogP contribution in [-0.2, 0) is 9.53 Å². The Balaban J connectivity index is 1.93. The topological polar surface area (TPSA) is 38.3 Å². The highest BCUT2D eigenvalue weighted by atomic mass is 32.1. The minimum Gasteiger partial charge on any atom is -0.381 e. The molecule has 1 N–H and O–H groups in total. The lowest BCUT2D eigenvalue weighted by molar-refractivity contribution is -0.120. The first-order chi connectivity index (χ1) is 7.80. The predicted octanol–water partition coefficient (Wildman–Crippen LogP) is 1.90. The smallest absolute Gasteiger partial charge is 0.221 e. The highest BCUT2D eigenvalue weighted by Gasteiger charge is 2.48. The lowest BCUT2D eigenvalue weighted by Gasteiger charge is -2.38. The molecule has 0 aliphatic carbocycles. The van der Waals surface area contributed by atoms with Gasteiger partial charge in [0, 0.05) is 30.4 Å². The van der Waals surface area contributed by atoms with Crippen LogP contribution in [0.4, 0.5) is 0 Å². The summed E-state index contributed by atoms with van der Waals surface area (Å²) in [6.45, 7) is 1.53. The average Bonchev–Trinajstić information content (AvgIpc) is 2.88. The van der Waals surface area contributed by atoms with Gasteiger partial charge in [0.2, 0.25) is 5.91 Å². The molecule has 0 radical (unpaired) electrons. The number of carbonyl (C=O) groups is 1. The third-order valence-electron chi connectivity index (χ3n) is 3.72. The summed E-state index contributed by atoms with van der Waals surface area (Å²) < 4.78 is 5.41. The number of hydrogen-bond acceptors (Lipinski definition) is 3. The number of ether oxygens (including phenoxy) is 1. The summed E-state index contributed by atoms with van der Waals surface area (Å²) in [5.41, 5.74) is -0.0276. The SMILES string of the molecule is O=C1CC(c2cccs2)C2(CCOCC2)N1. The van der Waals surface area contributed by atoms with Crippen molar-refractivity contribution >= 4 is 17.2 Å². The monoisotopic (exact) mass is 237 g/mol. The molecule has 1 atom stereocenters. The van der Waals surface area contributed by atoms with E-state index in [4.69, 9.17) is 4.74 Å². The van der Waals surface area contributed by atoms with Crippen LogP contribution in [0, 0.1) is 0 Å². The van der Waals surface area contributed by atoms with Crippen molar-refractivity contribution in [2.24, 2.45) is 0 Å².